The van der Waals surface area contributed by atoms with Crippen LogP contribution in [0.5, 0.6) is 0 Å². The monoisotopic (exact) mass is 306 g/mol. The van der Waals surface area contributed by atoms with E-state index in [1.165, 1.54) is 6.07 Å². The normalized spacial score (nSPS) is 12.5. The van der Waals surface area contributed by atoms with Crippen LogP contribution in [-0.2, 0) is 10.0 Å². The number of nitrogens with two attached hydrogens (primary N) is 1. The number of nitrogens with one attached hydrogen (secondary N) is 2. The lowest BCUT2D eigenvalue weighted by molar-refractivity contribution is 0.493. The molecule has 0 atom stereocenters. The van der Waals surface area contributed by atoms with Crippen molar-refractivity contribution in [3.05, 3.63) is 36.5 Å². The van der Waals surface area contributed by atoms with Gasteiger partial charge in [-0.25, -0.2) is 13.1 Å². The van der Waals surface area contributed by atoms with Crippen molar-refractivity contribution in [1.29, 1.82) is 5.41 Å². The maximum atomic E-state index is 12.5. The summed E-state index contributed by atoms with van der Waals surface area (Å²) in [5.74, 6) is -0.0650. The molecule has 0 amide bonds. The molecular formula is C14H18N4O2S. The van der Waals surface area contributed by atoms with E-state index in [0.29, 0.717) is 10.9 Å². The van der Waals surface area contributed by atoms with Crippen molar-refractivity contribution >= 4 is 26.8 Å². The van der Waals surface area contributed by atoms with Crippen molar-refractivity contribution in [2.45, 2.75) is 18.7 Å². The molecule has 21 heavy (non-hydrogen) atoms. The van der Waals surface area contributed by atoms with Crippen molar-refractivity contribution in [3.8, 4) is 0 Å². The maximum Gasteiger partial charge on any atom is 0.241 e. The van der Waals surface area contributed by atoms with Crippen LogP contribution in [0.15, 0.2) is 41.4 Å². The number of sulfonamides is 1. The maximum absolute atomic E-state index is 12.5. The third-order valence-corrected chi connectivity index (χ3v) is 4.79. The van der Waals surface area contributed by atoms with Crippen LogP contribution >= 0.6 is 0 Å². The van der Waals surface area contributed by atoms with E-state index >= 15 is 0 Å². The Morgan fingerprint density at radius 3 is 2.71 bits per heavy atom. The highest BCUT2D eigenvalue weighted by Crippen LogP contribution is 2.22. The summed E-state index contributed by atoms with van der Waals surface area (Å²) in [6, 6.07) is 8.36. The number of aromatic nitrogens is 1. The summed E-state index contributed by atoms with van der Waals surface area (Å²) in [6.07, 6.45) is 1.62. The number of nitrogens with zero attached hydrogens (tertiary/aromatic N) is 1. The molecule has 0 aliphatic heterocycles. The van der Waals surface area contributed by atoms with Crippen LogP contribution in [0.2, 0.25) is 0 Å². The molecular weight excluding hydrogens is 288 g/mol. The first-order valence-electron chi connectivity index (χ1n) is 6.42. The molecule has 1 aromatic carbocycles. The van der Waals surface area contributed by atoms with E-state index < -0.39 is 15.4 Å². The third kappa shape index (κ3) is 3.20. The minimum Gasteiger partial charge on any atom is -0.387 e. The first kappa shape index (κ1) is 15.4. The second-order valence-corrected chi connectivity index (χ2v) is 7.18. The van der Waals surface area contributed by atoms with Crippen molar-refractivity contribution in [3.63, 3.8) is 0 Å². The fraction of sp³-hybridized carbons (Fsp3) is 0.286. The molecule has 0 aliphatic carbocycles. The van der Waals surface area contributed by atoms with Gasteiger partial charge in [0.05, 0.1) is 16.2 Å². The van der Waals surface area contributed by atoms with Crippen LogP contribution in [0.1, 0.15) is 13.8 Å². The van der Waals surface area contributed by atoms with E-state index in [9.17, 15) is 8.42 Å². The third-order valence-electron chi connectivity index (χ3n) is 3.33. The molecule has 6 nitrogen and oxygen atoms in total. The Labute approximate surface area is 123 Å². The van der Waals surface area contributed by atoms with Crippen molar-refractivity contribution < 1.29 is 8.42 Å². The average Bonchev–Trinajstić information content (AvgIpc) is 2.44. The highest BCUT2D eigenvalue weighted by Gasteiger charge is 2.26. The van der Waals surface area contributed by atoms with Gasteiger partial charge in [0.1, 0.15) is 0 Å². The summed E-state index contributed by atoms with van der Waals surface area (Å²) in [4.78, 5) is 4.32. The summed E-state index contributed by atoms with van der Waals surface area (Å²) < 4.78 is 27.4. The number of fused-ring (bicyclic) bond motifs is 1. The summed E-state index contributed by atoms with van der Waals surface area (Å²) in [5.41, 5.74) is 5.34. The molecule has 0 radical (unpaired) electrons. The van der Waals surface area contributed by atoms with Gasteiger partial charge in [0.2, 0.25) is 10.0 Å². The Morgan fingerprint density at radius 1 is 1.33 bits per heavy atom. The molecule has 2 aromatic rings. The topological polar surface area (TPSA) is 109 Å². The van der Waals surface area contributed by atoms with E-state index in [1.807, 2.05) is 0 Å². The van der Waals surface area contributed by atoms with Gasteiger partial charge in [-0.3, -0.25) is 10.4 Å². The largest absolute Gasteiger partial charge is 0.387 e. The van der Waals surface area contributed by atoms with Gasteiger partial charge in [-0.2, -0.15) is 0 Å². The van der Waals surface area contributed by atoms with Crippen LogP contribution in [0, 0.1) is 10.8 Å². The van der Waals surface area contributed by atoms with Gasteiger partial charge in [0.25, 0.3) is 0 Å². The van der Waals surface area contributed by atoms with Crippen LogP contribution < -0.4 is 10.5 Å². The van der Waals surface area contributed by atoms with Gasteiger partial charge in [0, 0.05) is 23.5 Å². The van der Waals surface area contributed by atoms with Gasteiger partial charge >= 0.3 is 0 Å². The first-order chi connectivity index (χ1) is 9.74. The Kier molecular flexibility index (Phi) is 3.97. The van der Waals surface area contributed by atoms with Crippen LogP contribution in [0.25, 0.3) is 10.9 Å². The first-order valence-corrected chi connectivity index (χ1v) is 7.90. The minimum absolute atomic E-state index is 0.0569. The Hall–Kier alpha value is -1.99. The van der Waals surface area contributed by atoms with Gasteiger partial charge in [-0.05, 0) is 24.3 Å². The molecule has 0 saturated carbocycles. The Balaban J connectivity index is 2.37. The van der Waals surface area contributed by atoms with E-state index in [1.54, 1.807) is 44.3 Å². The molecule has 1 heterocycles. The summed E-state index contributed by atoms with van der Waals surface area (Å²) in [5, 5.41) is 8.04. The fourth-order valence-electron chi connectivity index (χ4n) is 1.76. The van der Waals surface area contributed by atoms with Crippen molar-refractivity contribution in [1.82, 2.24) is 9.71 Å². The lowest BCUT2D eigenvalue weighted by atomic mass is 9.93. The van der Waals surface area contributed by atoms with Crippen LogP contribution in [0.3, 0.4) is 0 Å². The van der Waals surface area contributed by atoms with Crippen molar-refractivity contribution in [2.75, 3.05) is 6.54 Å². The van der Waals surface area contributed by atoms with Gasteiger partial charge in [-0.1, -0.05) is 19.9 Å². The fourth-order valence-corrected chi connectivity index (χ4v) is 3.18. The second kappa shape index (κ2) is 5.42. The van der Waals surface area contributed by atoms with E-state index in [4.69, 9.17) is 11.1 Å². The molecule has 0 fully saturated rings. The SMILES string of the molecule is CC(C)(CNS(=O)(=O)c1cccc2ncccc12)C(=N)N. The number of hydrogen-bond donors (Lipinski definition) is 3. The minimum atomic E-state index is -3.70. The lowest BCUT2D eigenvalue weighted by Gasteiger charge is -2.23. The van der Waals surface area contributed by atoms with E-state index in [2.05, 4.69) is 9.71 Å². The molecule has 4 N–H and O–H groups in total. The summed E-state index contributed by atoms with van der Waals surface area (Å²) >= 11 is 0. The molecule has 0 unspecified atom stereocenters. The second-order valence-electron chi connectivity index (χ2n) is 5.45. The quantitative estimate of drug-likeness (QED) is 0.574. The predicted octanol–water partition coefficient (Wildman–Crippen LogP) is 1.48. The number of hydrogen-bond acceptors (Lipinski definition) is 4. The molecule has 1 aromatic heterocycles. The summed E-state index contributed by atoms with van der Waals surface area (Å²) in [6.45, 7) is 3.48. The predicted molar refractivity (Wildman–Crippen MR) is 82.6 cm³/mol. The van der Waals surface area contributed by atoms with Gasteiger partial charge in [0.15, 0.2) is 0 Å². The number of pyridine rings is 1. The number of amidine groups is 1. The number of rotatable bonds is 5. The molecule has 0 bridgehead atoms. The van der Waals surface area contributed by atoms with Gasteiger partial charge in [-0.15, -0.1) is 0 Å². The Bertz CT molecular complexity index is 779. The molecule has 7 heteroatoms. The smallest absolute Gasteiger partial charge is 0.241 e. The molecule has 0 aliphatic rings. The van der Waals surface area contributed by atoms with E-state index in [0.717, 1.165) is 0 Å². The molecule has 0 spiro atoms. The van der Waals surface area contributed by atoms with Crippen LogP contribution in [-0.4, -0.2) is 25.8 Å². The van der Waals surface area contributed by atoms with E-state index in [-0.39, 0.29) is 17.3 Å². The average molecular weight is 306 g/mol. The zero-order chi connectivity index (χ0) is 15.7. The zero-order valence-corrected chi connectivity index (χ0v) is 12.7. The lowest BCUT2D eigenvalue weighted by Crippen LogP contribution is -2.42. The number of benzene rings is 1. The van der Waals surface area contributed by atoms with Gasteiger partial charge < -0.3 is 5.73 Å². The highest BCUT2D eigenvalue weighted by atomic mass is 32.2. The van der Waals surface area contributed by atoms with Crippen LogP contribution in [0.4, 0.5) is 0 Å². The molecule has 0 saturated heterocycles. The molecule has 2 rings (SSSR count). The highest BCUT2D eigenvalue weighted by molar-refractivity contribution is 7.89. The standard InChI is InChI=1S/C14H18N4O2S/c1-14(2,13(15)16)9-18-21(19,20)12-7-3-6-11-10(12)5-4-8-17-11/h3-8,18H,9H2,1-2H3,(H3,15,16). The van der Waals surface area contributed by atoms with Crippen molar-refractivity contribution in [2.24, 2.45) is 11.1 Å². The zero-order valence-electron chi connectivity index (χ0n) is 11.9. The molecule has 112 valence electrons. The summed E-state index contributed by atoms with van der Waals surface area (Å²) in [7, 11) is -3.70. The Morgan fingerprint density at radius 2 is 2.05 bits per heavy atom.